The quantitative estimate of drug-likeness (QED) is 0.315. The molecule has 0 aromatic heterocycles. The molecule has 5 nitrogen and oxygen atoms in total. The molecule has 0 fully saturated rings. The average Bonchev–Trinajstić information content (AvgIpc) is 2.54. The highest BCUT2D eigenvalue weighted by atomic mass is 32.2. The van der Waals surface area contributed by atoms with Crippen LogP contribution in [-0.2, 0) is 14.8 Å². The molecule has 0 rings (SSSR count). The molecule has 150 valence electrons. The fourth-order valence-electron chi connectivity index (χ4n) is 2.87. The van der Waals surface area contributed by atoms with E-state index in [0.717, 1.165) is 12.8 Å². The SMILES string of the molecule is CCCCCCCCCCCCCCCCS(=O)(=O)NCCC(=O)O. The molecule has 0 saturated carbocycles. The molecule has 0 unspecified atom stereocenters. The molecule has 0 heterocycles. The van der Waals surface area contributed by atoms with Crippen molar-refractivity contribution in [3.63, 3.8) is 0 Å². The van der Waals surface area contributed by atoms with Crippen LogP contribution in [0.25, 0.3) is 0 Å². The minimum atomic E-state index is -3.31. The fraction of sp³-hybridized carbons (Fsp3) is 0.947. The van der Waals surface area contributed by atoms with Crippen molar-refractivity contribution in [1.82, 2.24) is 4.72 Å². The number of hydrogen-bond acceptors (Lipinski definition) is 3. The van der Waals surface area contributed by atoms with E-state index in [4.69, 9.17) is 5.11 Å². The second-order valence-electron chi connectivity index (χ2n) is 6.95. The molecule has 0 saturated heterocycles. The van der Waals surface area contributed by atoms with Crippen molar-refractivity contribution in [2.24, 2.45) is 0 Å². The molecule has 0 spiro atoms. The predicted molar refractivity (Wildman–Crippen MR) is 104 cm³/mol. The van der Waals surface area contributed by atoms with Gasteiger partial charge >= 0.3 is 5.97 Å². The number of nitrogens with one attached hydrogen (secondary N) is 1. The van der Waals surface area contributed by atoms with Crippen molar-refractivity contribution in [3.05, 3.63) is 0 Å². The predicted octanol–water partition coefficient (Wildman–Crippen LogP) is 4.86. The maximum Gasteiger partial charge on any atom is 0.304 e. The second kappa shape index (κ2) is 16.8. The van der Waals surface area contributed by atoms with E-state index >= 15 is 0 Å². The van der Waals surface area contributed by atoms with Crippen molar-refractivity contribution in [3.8, 4) is 0 Å². The van der Waals surface area contributed by atoms with E-state index in [1.165, 1.54) is 70.6 Å². The molecule has 2 N–H and O–H groups in total. The van der Waals surface area contributed by atoms with Crippen LogP contribution >= 0.6 is 0 Å². The van der Waals surface area contributed by atoms with Gasteiger partial charge in [0.25, 0.3) is 0 Å². The van der Waals surface area contributed by atoms with Crippen molar-refractivity contribution in [1.29, 1.82) is 0 Å². The summed E-state index contributed by atoms with van der Waals surface area (Å²) in [5.41, 5.74) is 0. The van der Waals surface area contributed by atoms with Gasteiger partial charge < -0.3 is 5.11 Å². The summed E-state index contributed by atoms with van der Waals surface area (Å²) < 4.78 is 25.6. The van der Waals surface area contributed by atoms with Crippen molar-refractivity contribution in [2.75, 3.05) is 12.3 Å². The number of hydrogen-bond donors (Lipinski definition) is 2. The number of unbranched alkanes of at least 4 members (excludes halogenated alkanes) is 13. The molecular formula is C19H39NO4S. The first-order valence-electron chi connectivity index (χ1n) is 10.2. The molecule has 6 heteroatoms. The molecule has 0 aromatic carbocycles. The summed E-state index contributed by atoms with van der Waals surface area (Å²) >= 11 is 0. The fourth-order valence-corrected chi connectivity index (χ4v) is 4.01. The first-order valence-corrected chi connectivity index (χ1v) is 11.8. The van der Waals surface area contributed by atoms with Gasteiger partial charge in [-0.25, -0.2) is 13.1 Å². The Morgan fingerprint density at radius 1 is 0.760 bits per heavy atom. The Hall–Kier alpha value is -0.620. The summed E-state index contributed by atoms with van der Waals surface area (Å²) in [7, 11) is -3.31. The molecule has 0 bridgehead atoms. The van der Waals surface area contributed by atoms with E-state index in [1.54, 1.807) is 0 Å². The van der Waals surface area contributed by atoms with Gasteiger partial charge in [-0.3, -0.25) is 4.79 Å². The normalized spacial score (nSPS) is 11.7. The number of carbonyl (C=O) groups is 1. The number of rotatable bonds is 19. The van der Waals surface area contributed by atoms with E-state index in [9.17, 15) is 13.2 Å². The Morgan fingerprint density at radius 2 is 1.16 bits per heavy atom. The lowest BCUT2D eigenvalue weighted by atomic mass is 10.0. The van der Waals surface area contributed by atoms with E-state index in [0.29, 0.717) is 6.42 Å². The number of carboxylic acid groups (broad SMARTS) is 1. The Labute approximate surface area is 155 Å². The summed E-state index contributed by atoms with van der Waals surface area (Å²) in [6.07, 6.45) is 17.1. The number of carboxylic acids is 1. The highest BCUT2D eigenvalue weighted by Crippen LogP contribution is 2.13. The molecule has 0 aliphatic rings. The zero-order valence-corrected chi connectivity index (χ0v) is 16.9. The first-order chi connectivity index (χ1) is 12.0. The summed E-state index contributed by atoms with van der Waals surface area (Å²) in [5, 5.41) is 8.48. The van der Waals surface area contributed by atoms with E-state index < -0.39 is 16.0 Å². The molecule has 0 amide bonds. The summed E-state index contributed by atoms with van der Waals surface area (Å²) in [6, 6.07) is 0. The van der Waals surface area contributed by atoms with Crippen LogP contribution in [0.15, 0.2) is 0 Å². The smallest absolute Gasteiger partial charge is 0.304 e. The third-order valence-corrected chi connectivity index (χ3v) is 5.90. The van der Waals surface area contributed by atoms with E-state index in [2.05, 4.69) is 11.6 Å². The van der Waals surface area contributed by atoms with Gasteiger partial charge in [0.15, 0.2) is 0 Å². The Kier molecular flexibility index (Phi) is 16.4. The lowest BCUT2D eigenvalue weighted by Crippen LogP contribution is -2.28. The molecule has 0 radical (unpaired) electrons. The highest BCUT2D eigenvalue weighted by molar-refractivity contribution is 7.89. The molecule has 0 aromatic rings. The minimum Gasteiger partial charge on any atom is -0.481 e. The highest BCUT2D eigenvalue weighted by Gasteiger charge is 2.09. The van der Waals surface area contributed by atoms with E-state index in [1.807, 2.05) is 0 Å². The maximum absolute atomic E-state index is 11.6. The first kappa shape index (κ1) is 24.4. The molecule has 0 aliphatic carbocycles. The second-order valence-corrected chi connectivity index (χ2v) is 8.88. The van der Waals surface area contributed by atoms with Gasteiger partial charge in [-0.05, 0) is 6.42 Å². The maximum atomic E-state index is 11.6. The van der Waals surface area contributed by atoms with Crippen LogP contribution in [-0.4, -0.2) is 31.8 Å². The third-order valence-electron chi connectivity index (χ3n) is 4.43. The third kappa shape index (κ3) is 19.6. The van der Waals surface area contributed by atoms with Crippen LogP contribution in [0, 0.1) is 0 Å². The minimum absolute atomic E-state index is 0.0176. The Morgan fingerprint density at radius 3 is 1.56 bits per heavy atom. The van der Waals surface area contributed by atoms with Gasteiger partial charge in [-0.15, -0.1) is 0 Å². The van der Waals surface area contributed by atoms with Crippen LogP contribution in [0.3, 0.4) is 0 Å². The van der Waals surface area contributed by atoms with Crippen molar-refractivity contribution < 1.29 is 18.3 Å². The van der Waals surface area contributed by atoms with Gasteiger partial charge in [-0.1, -0.05) is 90.4 Å². The zero-order valence-electron chi connectivity index (χ0n) is 16.1. The van der Waals surface area contributed by atoms with Crippen molar-refractivity contribution in [2.45, 2.75) is 103 Å². The lowest BCUT2D eigenvalue weighted by Gasteiger charge is -2.05. The van der Waals surface area contributed by atoms with Gasteiger partial charge in [-0.2, -0.15) is 0 Å². The molecular weight excluding hydrogens is 338 g/mol. The summed E-state index contributed by atoms with van der Waals surface area (Å²) in [4.78, 5) is 10.3. The Balaban J connectivity index is 3.29. The topological polar surface area (TPSA) is 83.5 Å². The standard InChI is InChI=1S/C19H39NO4S/c1-2-3-4-5-6-7-8-9-10-11-12-13-14-15-18-25(23,24)20-17-16-19(21)22/h20H,2-18H2,1H3,(H,21,22). The monoisotopic (exact) mass is 377 g/mol. The van der Waals surface area contributed by atoms with E-state index in [-0.39, 0.29) is 18.7 Å². The largest absolute Gasteiger partial charge is 0.481 e. The summed E-state index contributed by atoms with van der Waals surface area (Å²) in [6.45, 7) is 2.23. The van der Waals surface area contributed by atoms with Crippen LogP contribution in [0.2, 0.25) is 0 Å². The summed E-state index contributed by atoms with van der Waals surface area (Å²) in [5.74, 6) is -0.885. The number of aliphatic carboxylic acids is 1. The van der Waals surface area contributed by atoms with Gasteiger partial charge in [0.2, 0.25) is 10.0 Å². The van der Waals surface area contributed by atoms with Crippen LogP contribution in [0.5, 0.6) is 0 Å². The number of sulfonamides is 1. The molecule has 25 heavy (non-hydrogen) atoms. The van der Waals surface area contributed by atoms with Crippen LogP contribution in [0.1, 0.15) is 103 Å². The zero-order chi connectivity index (χ0) is 18.8. The van der Waals surface area contributed by atoms with Crippen LogP contribution < -0.4 is 4.72 Å². The average molecular weight is 378 g/mol. The molecule has 0 atom stereocenters. The van der Waals surface area contributed by atoms with Crippen molar-refractivity contribution >= 4 is 16.0 Å². The van der Waals surface area contributed by atoms with Crippen LogP contribution in [0.4, 0.5) is 0 Å². The molecule has 0 aliphatic heterocycles. The van der Waals surface area contributed by atoms with Gasteiger partial charge in [0, 0.05) is 6.54 Å². The Bertz CT molecular complexity index is 410. The lowest BCUT2D eigenvalue weighted by molar-refractivity contribution is -0.136. The van der Waals surface area contributed by atoms with Gasteiger partial charge in [0.1, 0.15) is 0 Å². The van der Waals surface area contributed by atoms with Gasteiger partial charge in [0.05, 0.1) is 12.2 Å².